The summed E-state index contributed by atoms with van der Waals surface area (Å²) in [4.78, 5) is 67.0. The number of fused-ring (bicyclic) bond motifs is 3. The highest BCUT2D eigenvalue weighted by Gasteiger charge is 2.53. The molecule has 384 valence electrons. The molecule has 3 fully saturated rings. The van der Waals surface area contributed by atoms with Gasteiger partial charge in [-0.2, -0.15) is 0 Å². The zero-order valence-corrected chi connectivity index (χ0v) is 42.6. The molecule has 15 heteroatoms. The Morgan fingerprint density at radius 2 is 1.64 bits per heavy atom. The largest absolute Gasteiger partial charge is 0.461 e. The number of ketones is 2. The zero-order chi connectivity index (χ0) is 50.4. The maximum absolute atomic E-state index is 14.5. The Labute approximate surface area is 410 Å². The van der Waals surface area contributed by atoms with E-state index in [0.29, 0.717) is 88.4 Å². The smallest absolute Gasteiger partial charge is 0.329 e. The molecule has 69 heavy (non-hydrogen) atoms. The fraction of sp³-hybridized carbons (Fsp3) is 0.704. The fourth-order valence-electron chi connectivity index (χ4n) is 10.8. The standard InChI is InChI=1S/C54H82N4O11/c1-33-15-11-10-12-16-35(3)42(57-47-32-55-24-25-56-47)31-41-21-19-39(7)54(65,69-41)51(62)52(63)58-26-14-13-17-43(58)53(64)68-45(36(4)29-40-20-22-44(59)46(30-40)66-8)23-18-34(2)28-38(6)49(61)50(67-9)48(60)37(5)27-33/h10-12,15-16,24-25,28,32-34,36-37,39-46,49-50,59,61,65H,13-14,17-23,26-27,29-31H2,1-9H3,(H,56,57)/b12-10+,15-11+,35-16+,38-28+/t33-,34+,36-,37-,39-,40-,41+,42?,43+,44-,45+,46-,49-,50+,54-/m1/s1. The zero-order valence-electron chi connectivity index (χ0n) is 42.6. The minimum atomic E-state index is -2.42. The van der Waals surface area contributed by atoms with Gasteiger partial charge < -0.3 is 44.5 Å². The first-order chi connectivity index (χ1) is 32.9. The summed E-state index contributed by atoms with van der Waals surface area (Å²) in [5, 5.41) is 37.6. The molecular formula is C54H82N4O11. The summed E-state index contributed by atoms with van der Waals surface area (Å²) >= 11 is 0. The van der Waals surface area contributed by atoms with Crippen molar-refractivity contribution in [3.63, 3.8) is 0 Å². The molecule has 15 atom stereocenters. The number of hydrogen-bond donors (Lipinski definition) is 4. The third-order valence-corrected chi connectivity index (χ3v) is 15.2. The van der Waals surface area contributed by atoms with E-state index in [4.69, 9.17) is 18.9 Å². The van der Waals surface area contributed by atoms with Crippen molar-refractivity contribution in [3.8, 4) is 0 Å². The average Bonchev–Trinajstić information content (AvgIpc) is 3.33. The third kappa shape index (κ3) is 15.2. The van der Waals surface area contributed by atoms with Gasteiger partial charge in [-0.25, -0.2) is 9.78 Å². The van der Waals surface area contributed by atoms with E-state index in [-0.39, 0.29) is 54.1 Å². The Kier molecular flexibility index (Phi) is 21.3. The number of allylic oxidation sites excluding steroid dienone is 6. The summed E-state index contributed by atoms with van der Waals surface area (Å²) < 4.78 is 24.0. The number of methoxy groups -OCH3 is 2. The van der Waals surface area contributed by atoms with Crippen molar-refractivity contribution in [1.82, 2.24) is 14.9 Å². The van der Waals surface area contributed by atoms with Crippen LogP contribution < -0.4 is 5.32 Å². The summed E-state index contributed by atoms with van der Waals surface area (Å²) in [6, 6.07) is -1.40. The van der Waals surface area contributed by atoms with Crippen molar-refractivity contribution in [2.45, 2.75) is 186 Å². The molecule has 1 amide bonds. The van der Waals surface area contributed by atoms with Gasteiger partial charge in [0, 0.05) is 45.0 Å². The first-order valence-corrected chi connectivity index (χ1v) is 25.5. The van der Waals surface area contributed by atoms with Gasteiger partial charge in [0.2, 0.25) is 5.79 Å². The second-order valence-corrected chi connectivity index (χ2v) is 20.7. The molecule has 1 saturated carbocycles. The highest BCUT2D eigenvalue weighted by atomic mass is 16.6. The van der Waals surface area contributed by atoms with Crippen molar-refractivity contribution in [2.24, 2.45) is 35.5 Å². The van der Waals surface area contributed by atoms with Gasteiger partial charge in [-0.05, 0) is 127 Å². The van der Waals surface area contributed by atoms with E-state index < -0.39 is 65.9 Å². The predicted molar refractivity (Wildman–Crippen MR) is 263 cm³/mol. The minimum absolute atomic E-state index is 0.0441. The summed E-state index contributed by atoms with van der Waals surface area (Å²) in [6.45, 7) is 13.6. The van der Waals surface area contributed by atoms with Gasteiger partial charge in [0.05, 0.1) is 30.6 Å². The highest BCUT2D eigenvalue weighted by Crippen LogP contribution is 2.38. The molecule has 1 unspecified atom stereocenters. The number of aliphatic hydroxyl groups is 3. The predicted octanol–water partition coefficient (Wildman–Crippen LogP) is 7.26. The van der Waals surface area contributed by atoms with Crippen LogP contribution >= 0.6 is 0 Å². The van der Waals surface area contributed by atoms with Gasteiger partial charge >= 0.3 is 5.97 Å². The van der Waals surface area contributed by atoms with Crippen LogP contribution in [0, 0.1) is 35.5 Å². The van der Waals surface area contributed by atoms with Crippen molar-refractivity contribution in [2.75, 3.05) is 26.1 Å². The lowest BCUT2D eigenvalue weighted by atomic mass is 9.78. The van der Waals surface area contributed by atoms with E-state index in [1.165, 1.54) is 12.0 Å². The Morgan fingerprint density at radius 3 is 2.35 bits per heavy atom. The van der Waals surface area contributed by atoms with E-state index in [9.17, 15) is 34.5 Å². The summed E-state index contributed by atoms with van der Waals surface area (Å²) in [5.41, 5.74) is 1.52. The van der Waals surface area contributed by atoms with Crippen LogP contribution in [0.3, 0.4) is 0 Å². The number of nitrogens with zero attached hydrogens (tertiary/aromatic N) is 3. The van der Waals surface area contributed by atoms with Crippen LogP contribution in [-0.2, 0) is 38.1 Å². The molecule has 2 bridgehead atoms. The van der Waals surface area contributed by atoms with Gasteiger partial charge in [0.25, 0.3) is 11.7 Å². The molecule has 0 spiro atoms. The normalized spacial score (nSPS) is 38.6. The number of anilines is 1. The number of piperidine rings is 1. The Morgan fingerprint density at radius 1 is 0.870 bits per heavy atom. The molecule has 5 rings (SSSR count). The molecule has 4 heterocycles. The maximum atomic E-state index is 14.5. The number of esters is 1. The number of amides is 1. The number of carbonyl (C=O) groups excluding carboxylic acids is 4. The Hall–Kier alpha value is -4.12. The average molecular weight is 963 g/mol. The van der Waals surface area contributed by atoms with Gasteiger partial charge in [-0.1, -0.05) is 76.6 Å². The molecule has 4 N–H and O–H groups in total. The lowest BCUT2D eigenvalue weighted by molar-refractivity contribution is -0.263. The molecule has 0 radical (unpaired) electrons. The van der Waals surface area contributed by atoms with Crippen LogP contribution in [0.15, 0.2) is 66.2 Å². The van der Waals surface area contributed by atoms with Gasteiger partial charge in [-0.3, -0.25) is 19.4 Å². The van der Waals surface area contributed by atoms with Crippen LogP contribution in [0.2, 0.25) is 0 Å². The minimum Gasteiger partial charge on any atom is -0.461 e. The molecule has 2 saturated heterocycles. The first-order valence-electron chi connectivity index (χ1n) is 25.5. The second kappa shape index (κ2) is 26.4. The molecular weight excluding hydrogens is 881 g/mol. The molecule has 4 aliphatic rings. The lowest BCUT2D eigenvalue weighted by Crippen LogP contribution is -2.61. The number of aliphatic hydroxyl groups excluding tert-OH is 2. The molecule has 3 aliphatic heterocycles. The number of nitrogens with one attached hydrogen (secondary N) is 1. The fourth-order valence-corrected chi connectivity index (χ4v) is 10.8. The van der Waals surface area contributed by atoms with E-state index in [2.05, 4.69) is 22.2 Å². The number of carbonyl (C=O) groups is 4. The van der Waals surface area contributed by atoms with E-state index in [1.807, 2.05) is 64.2 Å². The van der Waals surface area contributed by atoms with Crippen LogP contribution in [-0.4, -0.2) is 129 Å². The van der Waals surface area contributed by atoms with E-state index in [0.717, 1.165) is 12.0 Å². The summed E-state index contributed by atoms with van der Waals surface area (Å²) in [6.07, 6.45) is 19.5. The quantitative estimate of drug-likeness (QED) is 0.121. The first kappa shape index (κ1) is 55.8. The number of aromatic nitrogens is 2. The summed E-state index contributed by atoms with van der Waals surface area (Å²) in [7, 11) is 3.05. The summed E-state index contributed by atoms with van der Waals surface area (Å²) in [5.74, 6) is -5.75. The topological polar surface area (TPSA) is 207 Å². The number of rotatable bonds is 7. The Balaban J connectivity index is 1.47. The van der Waals surface area contributed by atoms with E-state index in [1.54, 1.807) is 39.5 Å². The van der Waals surface area contributed by atoms with Crippen LogP contribution in [0.1, 0.15) is 132 Å². The number of Topliss-reactive ketones (excluding diaryl/α,β-unsaturated/α-hetero) is 2. The van der Waals surface area contributed by atoms with E-state index >= 15 is 0 Å². The van der Waals surface area contributed by atoms with Crippen LogP contribution in [0.25, 0.3) is 0 Å². The monoisotopic (exact) mass is 963 g/mol. The number of hydrogen-bond acceptors (Lipinski definition) is 14. The van der Waals surface area contributed by atoms with Gasteiger partial charge in [-0.15, -0.1) is 0 Å². The van der Waals surface area contributed by atoms with Gasteiger partial charge in [0.15, 0.2) is 5.78 Å². The van der Waals surface area contributed by atoms with Gasteiger partial charge in [0.1, 0.15) is 30.2 Å². The highest BCUT2D eigenvalue weighted by molar-refractivity contribution is 6.39. The molecule has 15 nitrogen and oxygen atoms in total. The third-order valence-electron chi connectivity index (χ3n) is 15.2. The molecule has 0 aromatic carbocycles. The number of ether oxygens (including phenoxy) is 4. The number of cyclic esters (lactones) is 1. The Bertz CT molecular complexity index is 1970. The lowest BCUT2D eigenvalue weighted by Gasteiger charge is -2.43. The van der Waals surface area contributed by atoms with Crippen molar-refractivity contribution in [1.29, 1.82) is 0 Å². The SMILES string of the molecule is CO[C@@H]1C[C@@H](C[C@@H](C)[C@@H]2CC[C@H](C)/C=C(\C)[C@@H](O)[C@@H](OC)C(=O)[C@H](C)C[C@H](C)/C=C/C=C/C=C(\C)C(Nc3cnccn3)C[C@@H]3CC[C@@H](C)[C@@](O)(O3)C(=O)C(=O)N3CCCC[C@H]3C(=O)O2)CC[C@H]1O. The van der Waals surface area contributed by atoms with Crippen LogP contribution in [0.5, 0.6) is 0 Å². The van der Waals surface area contributed by atoms with Crippen LogP contribution in [0.4, 0.5) is 5.82 Å². The molecule has 1 aliphatic carbocycles. The molecule has 1 aromatic rings. The molecule has 1 aromatic heterocycles. The van der Waals surface area contributed by atoms with Crippen molar-refractivity contribution >= 4 is 29.3 Å². The van der Waals surface area contributed by atoms with Crippen molar-refractivity contribution < 1.29 is 53.4 Å². The second-order valence-electron chi connectivity index (χ2n) is 20.7. The maximum Gasteiger partial charge on any atom is 0.329 e. The van der Waals surface area contributed by atoms with Crippen molar-refractivity contribution in [3.05, 3.63) is 66.2 Å².